The zero-order chi connectivity index (χ0) is 67.6. The van der Waals surface area contributed by atoms with Crippen LogP contribution in [0.25, 0.3) is 0 Å². The van der Waals surface area contributed by atoms with E-state index in [1.165, 1.54) is 6.92 Å². The lowest BCUT2D eigenvalue weighted by atomic mass is 9.92. The molecule has 4 aliphatic heterocycles. The van der Waals surface area contributed by atoms with Gasteiger partial charge in [-0.25, -0.2) is 9.59 Å². The van der Waals surface area contributed by atoms with Crippen molar-refractivity contribution in [1.82, 2.24) is 37.2 Å². The highest BCUT2D eigenvalue weighted by Crippen LogP contribution is 2.36. The van der Waals surface area contributed by atoms with Gasteiger partial charge in [0.2, 0.25) is 47.3 Å². The lowest BCUT2D eigenvalue weighted by Crippen LogP contribution is -2.72. The molecule has 8 amide bonds. The largest absolute Gasteiger partial charge is 0.480 e. The van der Waals surface area contributed by atoms with Crippen molar-refractivity contribution in [3.05, 3.63) is 0 Å². The SMILES string of the molecule is CC(=O)NC1C(OC2C(CO)OC(OC3C(CO)OC(OC4C(CO)OC(O)C(NC(C)=O)C4OC(C)C(=O)O)C(NC(C)=O)C3O)C(NC(C)=O)C2OC(C)C(=O)NC(C)C(=O)NC(CCC(=O)NC(CCCCN)C(=O)O)C(N)=O)OC(CO)C(O)C1O. The van der Waals surface area contributed by atoms with E-state index in [9.17, 15) is 99.0 Å². The molecule has 0 aromatic heterocycles. The first-order chi connectivity index (χ1) is 42.3. The number of hydrogen-bond acceptors (Lipinski definition) is 28. The first-order valence-corrected chi connectivity index (χ1v) is 28.8. The molecule has 25 unspecified atom stereocenters. The van der Waals surface area contributed by atoms with Gasteiger partial charge in [-0.15, -0.1) is 0 Å². The minimum Gasteiger partial charge on any atom is -0.480 e. The van der Waals surface area contributed by atoms with E-state index in [1.54, 1.807) is 0 Å². The number of carbonyl (C=O) groups is 10. The van der Waals surface area contributed by atoms with Crippen molar-refractivity contribution in [3.8, 4) is 0 Å². The van der Waals surface area contributed by atoms with E-state index >= 15 is 0 Å². The van der Waals surface area contributed by atoms with Crippen LogP contribution in [0.15, 0.2) is 0 Å². The third-order valence-corrected chi connectivity index (χ3v) is 14.9. The lowest BCUT2D eigenvalue weighted by molar-refractivity contribution is -0.366. The van der Waals surface area contributed by atoms with Crippen LogP contribution in [0, 0.1) is 0 Å². The number of carboxylic acid groups (broad SMARTS) is 2. The van der Waals surface area contributed by atoms with Gasteiger partial charge in [-0.2, -0.15) is 0 Å². The number of rotatable bonds is 33. The third-order valence-electron chi connectivity index (χ3n) is 14.9. The second kappa shape index (κ2) is 35.7. The Morgan fingerprint density at radius 3 is 1.41 bits per heavy atom. The number of unbranched alkanes of at least 4 members (excludes halogenated alkanes) is 1. The quantitative estimate of drug-likeness (QED) is 0.0271. The molecule has 514 valence electrons. The number of ether oxygens (including phenoxy) is 9. The molecule has 0 aliphatic carbocycles. The summed E-state index contributed by atoms with van der Waals surface area (Å²) < 4.78 is 54.6. The van der Waals surface area contributed by atoms with Crippen LogP contribution < -0.4 is 48.7 Å². The van der Waals surface area contributed by atoms with Crippen molar-refractivity contribution in [2.24, 2.45) is 11.5 Å². The van der Waals surface area contributed by atoms with Gasteiger partial charge >= 0.3 is 11.9 Å². The van der Waals surface area contributed by atoms with Crippen LogP contribution in [-0.2, 0) is 90.6 Å². The normalized spacial score (nSPS) is 33.5. The first kappa shape index (κ1) is 76.4. The number of nitrogens with one attached hydrogen (secondary N) is 7. The van der Waals surface area contributed by atoms with Gasteiger partial charge in [0.1, 0.15) is 122 Å². The fourth-order valence-electron chi connectivity index (χ4n) is 10.3. The summed E-state index contributed by atoms with van der Waals surface area (Å²) in [4.78, 5) is 128. The van der Waals surface area contributed by atoms with Crippen LogP contribution in [0.4, 0.5) is 0 Å². The fourth-order valence-corrected chi connectivity index (χ4v) is 10.3. The highest BCUT2D eigenvalue weighted by Gasteiger charge is 2.58. The molecule has 38 nitrogen and oxygen atoms in total. The number of nitrogens with two attached hydrogens (primary N) is 2. The van der Waals surface area contributed by atoms with Gasteiger partial charge < -0.3 is 142 Å². The third kappa shape index (κ3) is 21.0. The molecular formula is C52H87N9O29. The Bertz CT molecular complexity index is 2440. The van der Waals surface area contributed by atoms with Gasteiger partial charge in [-0.3, -0.25) is 38.4 Å². The Balaban J connectivity index is 1.74. The Labute approximate surface area is 514 Å². The molecular weight excluding hydrogens is 1210 g/mol. The summed E-state index contributed by atoms with van der Waals surface area (Å²) in [6.07, 6.45) is -33.2. The standard InChI is InChI=1S/C52H87N9O29/c1-18(45(75)61-25(44(54)74)11-12-31(70)60-26(48(79)80)10-8-9-13-53)55-46(76)19(2)82-43-35(59-24(7)69)52(87-30(17-65)41(43)90-50-32(56-21(4)66)37(72)36(71)27(14-62)85-50)88-39-28(15-63)86-51(33(38(39)73)57-22(5)67)89-40-29(16-64)84-49(81)34(58-23(6)68)42(40)83-20(3)47(77)78/h18-20,25-30,32-43,49-52,62-65,71-73,81H,8-17,53H2,1-7H3,(H2,54,74)(H,55,76)(H,56,66)(H,57,67)(H,58,68)(H,59,69)(H,60,70)(H,61,75)(H,77,78)(H,79,80). The van der Waals surface area contributed by atoms with Crippen molar-refractivity contribution in [1.29, 1.82) is 0 Å². The van der Waals surface area contributed by atoms with Crippen molar-refractivity contribution in [2.75, 3.05) is 33.0 Å². The van der Waals surface area contributed by atoms with E-state index in [1.807, 2.05) is 0 Å². The molecule has 21 N–H and O–H groups in total. The molecule has 0 aromatic carbocycles. The monoisotopic (exact) mass is 1300 g/mol. The van der Waals surface area contributed by atoms with Crippen molar-refractivity contribution in [2.45, 2.75) is 233 Å². The number of aliphatic carboxylic acids is 2. The minimum absolute atomic E-state index is 0.0569. The highest BCUT2D eigenvalue weighted by atomic mass is 16.8. The summed E-state index contributed by atoms with van der Waals surface area (Å²) in [6, 6.07) is -11.3. The molecule has 0 saturated carbocycles. The highest BCUT2D eigenvalue weighted by molar-refractivity contribution is 5.92. The van der Waals surface area contributed by atoms with E-state index in [2.05, 4.69) is 37.2 Å². The minimum atomic E-state index is -2.12. The number of aliphatic hydroxyl groups excluding tert-OH is 8. The maximum atomic E-state index is 14.1. The lowest BCUT2D eigenvalue weighted by Gasteiger charge is -2.52. The van der Waals surface area contributed by atoms with E-state index < -0.39 is 251 Å². The topological polar surface area (TPSA) is 592 Å². The van der Waals surface area contributed by atoms with E-state index in [0.717, 1.165) is 41.5 Å². The van der Waals surface area contributed by atoms with Gasteiger partial charge in [-0.1, -0.05) is 0 Å². The predicted molar refractivity (Wildman–Crippen MR) is 295 cm³/mol. The fraction of sp³-hybridized carbons (Fsp3) is 0.808. The number of carboxylic acids is 2. The molecule has 25 atom stereocenters. The summed E-state index contributed by atoms with van der Waals surface area (Å²) in [5.74, 6) is -10.2. The Hall–Kier alpha value is -6.02. The summed E-state index contributed by atoms with van der Waals surface area (Å²) in [5.41, 5.74) is 11.0. The molecule has 4 heterocycles. The number of carbonyl (C=O) groups excluding carboxylic acids is 8. The molecule has 0 aromatic rings. The smallest absolute Gasteiger partial charge is 0.332 e. The first-order valence-electron chi connectivity index (χ1n) is 28.8. The Morgan fingerprint density at radius 1 is 0.478 bits per heavy atom. The van der Waals surface area contributed by atoms with E-state index in [0.29, 0.717) is 12.8 Å². The molecule has 4 fully saturated rings. The van der Waals surface area contributed by atoms with E-state index in [4.69, 9.17) is 54.1 Å². The Kier molecular flexibility index (Phi) is 30.3. The molecule has 90 heavy (non-hydrogen) atoms. The second-order valence-electron chi connectivity index (χ2n) is 21.9. The number of primary amides is 1. The summed E-state index contributed by atoms with van der Waals surface area (Å²) in [7, 11) is 0. The van der Waals surface area contributed by atoms with Crippen molar-refractivity contribution >= 4 is 59.2 Å². The van der Waals surface area contributed by atoms with Gasteiger partial charge in [0, 0.05) is 34.1 Å². The summed E-state index contributed by atoms with van der Waals surface area (Å²) >= 11 is 0. The second-order valence-corrected chi connectivity index (χ2v) is 21.9. The van der Waals surface area contributed by atoms with Crippen LogP contribution in [0.2, 0.25) is 0 Å². The molecule has 0 radical (unpaired) electrons. The van der Waals surface area contributed by atoms with Gasteiger partial charge in [0.25, 0.3) is 0 Å². The number of aliphatic hydroxyl groups is 8. The van der Waals surface area contributed by atoms with Crippen molar-refractivity contribution in [3.63, 3.8) is 0 Å². The Morgan fingerprint density at radius 2 is 0.922 bits per heavy atom. The van der Waals surface area contributed by atoms with Crippen LogP contribution >= 0.6 is 0 Å². The average Bonchev–Trinajstić information content (AvgIpc) is 0.807. The molecule has 0 bridgehead atoms. The zero-order valence-electron chi connectivity index (χ0n) is 50.4. The summed E-state index contributed by atoms with van der Waals surface area (Å²) in [5, 5.41) is 124. The predicted octanol–water partition coefficient (Wildman–Crippen LogP) is -10.3. The molecule has 0 spiro atoms. The number of hydrogen-bond donors (Lipinski definition) is 19. The maximum absolute atomic E-state index is 14.1. The average molecular weight is 1300 g/mol. The molecule has 4 saturated heterocycles. The van der Waals surface area contributed by atoms with Crippen LogP contribution in [-0.4, -0.2) is 296 Å². The molecule has 4 rings (SSSR count). The van der Waals surface area contributed by atoms with E-state index in [-0.39, 0.29) is 13.0 Å². The van der Waals surface area contributed by atoms with Gasteiger partial charge in [0.05, 0.1) is 26.4 Å². The molecule has 4 aliphatic rings. The zero-order valence-corrected chi connectivity index (χ0v) is 50.4. The molecule has 38 heteroatoms. The maximum Gasteiger partial charge on any atom is 0.332 e. The van der Waals surface area contributed by atoms with Gasteiger partial charge in [0.15, 0.2) is 31.3 Å². The summed E-state index contributed by atoms with van der Waals surface area (Å²) in [6.45, 7) is 3.63. The van der Waals surface area contributed by atoms with Crippen LogP contribution in [0.1, 0.15) is 80.6 Å². The van der Waals surface area contributed by atoms with Gasteiger partial charge in [-0.05, 0) is 53.0 Å². The van der Waals surface area contributed by atoms with Crippen molar-refractivity contribution < 1.29 is 142 Å². The van der Waals surface area contributed by atoms with Crippen LogP contribution in [0.3, 0.4) is 0 Å². The number of amides is 8. The van der Waals surface area contributed by atoms with Crippen LogP contribution in [0.5, 0.6) is 0 Å².